The molecule has 0 aromatic rings. The lowest BCUT2D eigenvalue weighted by Gasteiger charge is -2.36. The molecular weight excluding hydrogens is 282 g/mol. The van der Waals surface area contributed by atoms with Crippen molar-refractivity contribution >= 4 is 17.6 Å². The first-order valence-corrected chi connectivity index (χ1v) is 7.95. The van der Waals surface area contributed by atoms with Crippen molar-refractivity contribution in [2.75, 3.05) is 6.61 Å². The Bertz CT molecular complexity index is 580. The number of hydrogen-bond acceptors (Lipinski definition) is 4. The average Bonchev–Trinajstić information content (AvgIpc) is 2.90. The summed E-state index contributed by atoms with van der Waals surface area (Å²) in [6.45, 7) is 7.81. The highest BCUT2D eigenvalue weighted by atomic mass is 16.7. The third-order valence-corrected chi connectivity index (χ3v) is 6.46. The maximum atomic E-state index is 12.4. The van der Waals surface area contributed by atoms with Crippen molar-refractivity contribution in [2.45, 2.75) is 53.4 Å². The standard InChI is InChI=1S/C17H23NO4/c1-10-11(2)15(21)18(14(10)20)22-8-7-17-6-5-12(9-13(17)19)16(17,3)4/h12H,5-9H2,1-4H3. The lowest BCUT2D eigenvalue weighted by Crippen LogP contribution is -2.39. The molecule has 3 rings (SSSR count). The topological polar surface area (TPSA) is 63.7 Å². The van der Waals surface area contributed by atoms with Gasteiger partial charge in [-0.1, -0.05) is 13.8 Å². The van der Waals surface area contributed by atoms with E-state index >= 15 is 0 Å². The van der Waals surface area contributed by atoms with Gasteiger partial charge in [0.2, 0.25) is 0 Å². The van der Waals surface area contributed by atoms with Gasteiger partial charge < -0.3 is 0 Å². The summed E-state index contributed by atoms with van der Waals surface area (Å²) in [6, 6.07) is 0. The van der Waals surface area contributed by atoms with E-state index in [-0.39, 0.29) is 29.3 Å². The number of Topliss-reactive ketones (excluding diaryl/α,β-unsaturated/α-hetero) is 1. The minimum Gasteiger partial charge on any atom is -0.299 e. The zero-order chi connectivity index (χ0) is 16.3. The fourth-order valence-corrected chi connectivity index (χ4v) is 4.50. The highest BCUT2D eigenvalue weighted by molar-refractivity contribution is 6.17. The van der Waals surface area contributed by atoms with Crippen LogP contribution in [0.5, 0.6) is 0 Å². The van der Waals surface area contributed by atoms with Gasteiger partial charge in [0.25, 0.3) is 11.8 Å². The van der Waals surface area contributed by atoms with Crippen molar-refractivity contribution in [1.82, 2.24) is 5.06 Å². The van der Waals surface area contributed by atoms with Gasteiger partial charge in [0.1, 0.15) is 5.78 Å². The number of imide groups is 1. The highest BCUT2D eigenvalue weighted by Gasteiger charge is 2.63. The molecule has 2 fully saturated rings. The maximum Gasteiger partial charge on any atom is 0.281 e. The molecule has 2 unspecified atom stereocenters. The third-order valence-electron chi connectivity index (χ3n) is 6.46. The maximum absolute atomic E-state index is 12.4. The Hall–Kier alpha value is -1.49. The molecule has 0 aromatic carbocycles. The van der Waals surface area contributed by atoms with Crippen LogP contribution in [-0.4, -0.2) is 29.3 Å². The Kier molecular flexibility index (Phi) is 3.33. The predicted molar refractivity (Wildman–Crippen MR) is 79.4 cm³/mol. The predicted octanol–water partition coefficient (Wildman–Crippen LogP) is 2.41. The van der Waals surface area contributed by atoms with Gasteiger partial charge >= 0.3 is 0 Å². The van der Waals surface area contributed by atoms with Gasteiger partial charge in [-0.2, -0.15) is 0 Å². The summed E-state index contributed by atoms with van der Waals surface area (Å²) < 4.78 is 0. The average molecular weight is 305 g/mol. The lowest BCUT2D eigenvalue weighted by atomic mass is 9.67. The normalized spacial score (nSPS) is 33.5. The number of carbonyl (C=O) groups is 3. The number of ketones is 1. The Balaban J connectivity index is 1.66. The van der Waals surface area contributed by atoms with Crippen LogP contribution in [0.15, 0.2) is 11.1 Å². The van der Waals surface area contributed by atoms with E-state index < -0.39 is 0 Å². The fraction of sp³-hybridized carbons (Fsp3) is 0.706. The molecular formula is C17H23NO4. The van der Waals surface area contributed by atoms with E-state index in [9.17, 15) is 14.4 Å². The summed E-state index contributed by atoms with van der Waals surface area (Å²) in [5.41, 5.74) is 0.500. The molecule has 0 spiro atoms. The Morgan fingerprint density at radius 1 is 1.14 bits per heavy atom. The van der Waals surface area contributed by atoms with E-state index in [1.807, 2.05) is 0 Å². The smallest absolute Gasteiger partial charge is 0.281 e. The molecule has 1 heterocycles. The molecule has 2 aliphatic carbocycles. The van der Waals surface area contributed by atoms with Crippen LogP contribution in [-0.2, 0) is 19.2 Å². The molecule has 2 bridgehead atoms. The monoisotopic (exact) mass is 305 g/mol. The van der Waals surface area contributed by atoms with Gasteiger partial charge in [0.15, 0.2) is 0 Å². The number of rotatable bonds is 4. The minimum absolute atomic E-state index is 0.0173. The van der Waals surface area contributed by atoms with Crippen molar-refractivity contribution in [2.24, 2.45) is 16.7 Å². The summed E-state index contributed by atoms with van der Waals surface area (Å²) >= 11 is 0. The van der Waals surface area contributed by atoms with Gasteiger partial charge in [-0.05, 0) is 44.4 Å². The van der Waals surface area contributed by atoms with Crippen LogP contribution in [0.3, 0.4) is 0 Å². The van der Waals surface area contributed by atoms with E-state index in [0.717, 1.165) is 17.9 Å². The molecule has 1 aliphatic heterocycles. The number of fused-ring (bicyclic) bond motifs is 2. The van der Waals surface area contributed by atoms with Crippen molar-refractivity contribution in [1.29, 1.82) is 0 Å². The summed E-state index contributed by atoms with van der Waals surface area (Å²) in [5, 5.41) is 0.847. The molecule has 3 aliphatic rings. The van der Waals surface area contributed by atoms with Crippen molar-refractivity contribution < 1.29 is 19.2 Å². The molecule has 2 amide bonds. The van der Waals surface area contributed by atoms with Crippen molar-refractivity contribution in [3.05, 3.63) is 11.1 Å². The van der Waals surface area contributed by atoms with Crippen LogP contribution in [0.1, 0.15) is 53.4 Å². The second-order valence-electron chi connectivity index (χ2n) is 7.40. The van der Waals surface area contributed by atoms with Crippen LogP contribution in [0.2, 0.25) is 0 Å². The number of carbonyl (C=O) groups excluding carboxylic acids is 3. The van der Waals surface area contributed by atoms with Crippen molar-refractivity contribution in [3.63, 3.8) is 0 Å². The highest BCUT2D eigenvalue weighted by Crippen LogP contribution is 2.65. The van der Waals surface area contributed by atoms with Crippen LogP contribution in [0.25, 0.3) is 0 Å². The molecule has 22 heavy (non-hydrogen) atoms. The van der Waals surface area contributed by atoms with Gasteiger partial charge in [-0.25, -0.2) is 0 Å². The molecule has 120 valence electrons. The minimum atomic E-state index is -0.388. The number of nitrogens with zero attached hydrogens (tertiary/aromatic N) is 1. The van der Waals surface area contributed by atoms with Crippen molar-refractivity contribution in [3.8, 4) is 0 Å². The molecule has 2 saturated carbocycles. The van der Waals surface area contributed by atoms with Crippen LogP contribution >= 0.6 is 0 Å². The molecule has 2 atom stereocenters. The molecule has 0 saturated heterocycles. The quantitative estimate of drug-likeness (QED) is 0.748. The summed E-state index contributed by atoms with van der Waals surface area (Å²) in [5.74, 6) is 0.00531. The number of hydroxylamine groups is 2. The largest absolute Gasteiger partial charge is 0.299 e. The zero-order valence-electron chi connectivity index (χ0n) is 13.7. The van der Waals surface area contributed by atoms with E-state index in [1.54, 1.807) is 13.8 Å². The first kappa shape index (κ1) is 15.4. The lowest BCUT2D eigenvalue weighted by molar-refractivity contribution is -0.189. The van der Waals surface area contributed by atoms with Gasteiger partial charge in [0.05, 0.1) is 6.61 Å². The van der Waals surface area contributed by atoms with E-state index in [2.05, 4.69) is 13.8 Å². The van der Waals surface area contributed by atoms with Crippen LogP contribution in [0.4, 0.5) is 0 Å². The first-order valence-electron chi connectivity index (χ1n) is 7.95. The zero-order valence-corrected chi connectivity index (χ0v) is 13.7. The van der Waals surface area contributed by atoms with E-state index in [0.29, 0.717) is 35.7 Å². The van der Waals surface area contributed by atoms with Gasteiger partial charge in [0, 0.05) is 23.0 Å². The SMILES string of the molecule is CC1=C(C)C(=O)N(OCCC23CCC(CC2=O)C3(C)C)C1=O. The van der Waals surface area contributed by atoms with Crippen LogP contribution < -0.4 is 0 Å². The summed E-state index contributed by atoms with van der Waals surface area (Å²) in [4.78, 5) is 41.8. The Labute approximate surface area is 130 Å². The third kappa shape index (κ3) is 1.78. The van der Waals surface area contributed by atoms with Crippen LogP contribution in [0, 0.1) is 16.7 Å². The fourth-order valence-electron chi connectivity index (χ4n) is 4.50. The van der Waals surface area contributed by atoms with E-state index in [1.165, 1.54) is 0 Å². The second-order valence-corrected chi connectivity index (χ2v) is 7.40. The van der Waals surface area contributed by atoms with E-state index in [4.69, 9.17) is 4.84 Å². The Morgan fingerprint density at radius 3 is 2.18 bits per heavy atom. The molecule has 0 aromatic heterocycles. The number of amides is 2. The Morgan fingerprint density at radius 2 is 1.73 bits per heavy atom. The van der Waals surface area contributed by atoms with Gasteiger partial charge in [-0.15, -0.1) is 5.06 Å². The first-order chi connectivity index (χ1) is 10.2. The number of hydrogen-bond donors (Lipinski definition) is 0. The summed E-state index contributed by atoms with van der Waals surface area (Å²) in [6.07, 6.45) is 3.21. The molecule has 5 nitrogen and oxygen atoms in total. The summed E-state index contributed by atoms with van der Waals surface area (Å²) in [7, 11) is 0. The molecule has 0 N–H and O–H groups in total. The second kappa shape index (κ2) is 4.75. The molecule has 0 radical (unpaired) electrons. The van der Waals surface area contributed by atoms with Gasteiger partial charge in [-0.3, -0.25) is 19.2 Å². The molecule has 5 heteroatoms.